The maximum Gasteiger partial charge on any atom is 0.387 e. The first-order chi connectivity index (χ1) is 11.3. The molecule has 1 heterocycles. The van der Waals surface area contributed by atoms with Gasteiger partial charge < -0.3 is 15.8 Å². The zero-order valence-electron chi connectivity index (χ0n) is 14.5. The second-order valence-electron chi connectivity index (χ2n) is 6.89. The number of carbonyl (C=O) groups excluding carboxylic acids is 1. The van der Waals surface area contributed by atoms with E-state index in [1.165, 1.54) is 12.1 Å². The van der Waals surface area contributed by atoms with E-state index in [-0.39, 0.29) is 35.5 Å². The van der Waals surface area contributed by atoms with Gasteiger partial charge in [0.1, 0.15) is 5.75 Å². The minimum absolute atomic E-state index is 0. The molecule has 0 saturated carbocycles. The Hall–Kier alpha value is -1.44. The Balaban J connectivity index is 0.00000312. The van der Waals surface area contributed by atoms with Crippen LogP contribution in [0.25, 0.3) is 0 Å². The maximum absolute atomic E-state index is 12.1. The third-order valence-electron chi connectivity index (χ3n) is 4.40. The summed E-state index contributed by atoms with van der Waals surface area (Å²) in [5.41, 5.74) is 6.92. The van der Waals surface area contributed by atoms with E-state index in [1.54, 1.807) is 12.1 Å². The maximum atomic E-state index is 12.1. The number of benzene rings is 1. The molecule has 1 aromatic carbocycles. The van der Waals surface area contributed by atoms with E-state index in [0.29, 0.717) is 13.1 Å². The normalized spacial score (nSPS) is 20.0. The highest BCUT2D eigenvalue weighted by atomic mass is 35.5. The fraction of sp³-hybridized carbons (Fsp3) is 0.588. The molecule has 1 aromatic rings. The summed E-state index contributed by atoms with van der Waals surface area (Å²) in [6.07, 6.45) is 0.881. The van der Waals surface area contributed by atoms with Crippen LogP contribution in [0.3, 0.4) is 0 Å². The summed E-state index contributed by atoms with van der Waals surface area (Å²) in [5.74, 6) is 0.0427. The summed E-state index contributed by atoms with van der Waals surface area (Å²) >= 11 is 0. The van der Waals surface area contributed by atoms with Crippen LogP contribution in [0, 0.1) is 5.41 Å². The van der Waals surface area contributed by atoms with Gasteiger partial charge in [0.15, 0.2) is 0 Å². The molecule has 1 amide bonds. The molecule has 1 fully saturated rings. The summed E-state index contributed by atoms with van der Waals surface area (Å²) < 4.78 is 28.5. The van der Waals surface area contributed by atoms with Gasteiger partial charge in [-0.05, 0) is 29.5 Å². The van der Waals surface area contributed by atoms with Crippen molar-refractivity contribution in [1.82, 2.24) is 10.2 Å². The van der Waals surface area contributed by atoms with Gasteiger partial charge in [0.05, 0.1) is 6.54 Å². The second-order valence-corrected chi connectivity index (χ2v) is 6.89. The molecule has 0 aliphatic carbocycles. The number of rotatable bonds is 6. The number of amides is 1. The number of piperidine rings is 1. The minimum Gasteiger partial charge on any atom is -0.435 e. The van der Waals surface area contributed by atoms with Crippen LogP contribution in [-0.2, 0) is 11.3 Å². The van der Waals surface area contributed by atoms with Gasteiger partial charge in [-0.1, -0.05) is 26.0 Å². The molecule has 0 radical (unpaired) electrons. The summed E-state index contributed by atoms with van der Waals surface area (Å²) in [7, 11) is 0. The van der Waals surface area contributed by atoms with Gasteiger partial charge in [0.2, 0.25) is 5.91 Å². The van der Waals surface area contributed by atoms with Crippen molar-refractivity contribution >= 4 is 18.3 Å². The first kappa shape index (κ1) is 21.6. The molecule has 3 N–H and O–H groups in total. The topological polar surface area (TPSA) is 67.6 Å². The highest BCUT2D eigenvalue weighted by molar-refractivity contribution is 5.85. The fourth-order valence-electron chi connectivity index (χ4n) is 2.87. The van der Waals surface area contributed by atoms with Crippen LogP contribution in [-0.4, -0.2) is 43.1 Å². The first-order valence-electron chi connectivity index (χ1n) is 8.04. The van der Waals surface area contributed by atoms with Crippen molar-refractivity contribution in [2.75, 3.05) is 19.6 Å². The Kier molecular flexibility index (Phi) is 8.05. The van der Waals surface area contributed by atoms with E-state index in [0.717, 1.165) is 25.1 Å². The highest BCUT2D eigenvalue weighted by Gasteiger charge is 2.33. The van der Waals surface area contributed by atoms with Gasteiger partial charge >= 0.3 is 6.61 Å². The molecule has 25 heavy (non-hydrogen) atoms. The zero-order valence-corrected chi connectivity index (χ0v) is 15.3. The SMILES string of the molecule is CC1(C)CN(CC(=O)NCc2ccc(OC(F)F)cc2)CCC1N.Cl. The summed E-state index contributed by atoms with van der Waals surface area (Å²) in [4.78, 5) is 14.2. The van der Waals surface area contributed by atoms with Gasteiger partial charge in [-0.3, -0.25) is 9.69 Å². The van der Waals surface area contributed by atoms with E-state index in [1.807, 2.05) is 0 Å². The molecule has 5 nitrogen and oxygen atoms in total. The van der Waals surface area contributed by atoms with Gasteiger partial charge in [-0.2, -0.15) is 8.78 Å². The minimum atomic E-state index is -2.84. The Labute approximate surface area is 153 Å². The van der Waals surface area contributed by atoms with Gasteiger partial charge in [0, 0.05) is 25.7 Å². The molecule has 1 aliphatic rings. The van der Waals surface area contributed by atoms with E-state index < -0.39 is 6.61 Å². The van der Waals surface area contributed by atoms with Crippen LogP contribution in [0.4, 0.5) is 8.78 Å². The summed E-state index contributed by atoms with van der Waals surface area (Å²) in [6, 6.07) is 6.39. The monoisotopic (exact) mass is 377 g/mol. The number of hydrogen-bond donors (Lipinski definition) is 2. The molecular formula is C17H26ClF2N3O2. The standard InChI is InChI=1S/C17H25F2N3O2.ClH/c1-17(2)11-22(8-7-14(17)20)10-15(23)21-9-12-3-5-13(6-4-12)24-16(18)19;/h3-6,14,16H,7-11,20H2,1-2H3,(H,21,23);1H. The highest BCUT2D eigenvalue weighted by Crippen LogP contribution is 2.27. The van der Waals surface area contributed by atoms with Crippen LogP contribution in [0.2, 0.25) is 0 Å². The lowest BCUT2D eigenvalue weighted by atomic mass is 9.80. The molecular weight excluding hydrogens is 352 g/mol. The lowest BCUT2D eigenvalue weighted by Crippen LogP contribution is -2.54. The predicted molar refractivity (Wildman–Crippen MR) is 95.0 cm³/mol. The molecule has 0 aromatic heterocycles. The smallest absolute Gasteiger partial charge is 0.387 e. The molecule has 8 heteroatoms. The number of nitrogens with zero attached hydrogens (tertiary/aromatic N) is 1. The molecule has 1 saturated heterocycles. The summed E-state index contributed by atoms with van der Waals surface area (Å²) in [6.45, 7) is 3.69. The van der Waals surface area contributed by atoms with Crippen LogP contribution >= 0.6 is 12.4 Å². The van der Waals surface area contributed by atoms with E-state index >= 15 is 0 Å². The first-order valence-corrected chi connectivity index (χ1v) is 8.04. The van der Waals surface area contributed by atoms with Crippen LogP contribution in [0.5, 0.6) is 5.75 Å². The van der Waals surface area contributed by atoms with E-state index in [9.17, 15) is 13.6 Å². The van der Waals surface area contributed by atoms with Crippen LogP contribution in [0.15, 0.2) is 24.3 Å². The molecule has 1 atom stereocenters. The third kappa shape index (κ3) is 6.76. The predicted octanol–water partition coefficient (Wildman–Crippen LogP) is 2.39. The van der Waals surface area contributed by atoms with Gasteiger partial charge in [-0.15, -0.1) is 12.4 Å². The molecule has 2 rings (SSSR count). The Morgan fingerprint density at radius 3 is 2.60 bits per heavy atom. The van der Waals surface area contributed by atoms with Crippen molar-refractivity contribution in [2.24, 2.45) is 11.1 Å². The molecule has 1 unspecified atom stereocenters. The Morgan fingerprint density at radius 1 is 1.40 bits per heavy atom. The molecule has 142 valence electrons. The van der Waals surface area contributed by atoms with Crippen molar-refractivity contribution in [3.05, 3.63) is 29.8 Å². The number of alkyl halides is 2. The Bertz CT molecular complexity index is 555. The lowest BCUT2D eigenvalue weighted by Gasteiger charge is -2.42. The average molecular weight is 378 g/mol. The molecule has 0 spiro atoms. The molecule has 1 aliphatic heterocycles. The van der Waals surface area contributed by atoms with Gasteiger partial charge in [0.25, 0.3) is 0 Å². The molecule has 0 bridgehead atoms. The number of nitrogens with one attached hydrogen (secondary N) is 1. The van der Waals surface area contributed by atoms with Crippen LogP contribution < -0.4 is 15.8 Å². The third-order valence-corrected chi connectivity index (χ3v) is 4.40. The second kappa shape index (κ2) is 9.31. The number of carbonyl (C=O) groups is 1. The van der Waals surface area contributed by atoms with Crippen molar-refractivity contribution in [1.29, 1.82) is 0 Å². The quantitative estimate of drug-likeness (QED) is 0.798. The zero-order chi connectivity index (χ0) is 17.7. The van der Waals surface area contributed by atoms with E-state index in [4.69, 9.17) is 5.73 Å². The summed E-state index contributed by atoms with van der Waals surface area (Å²) in [5, 5.41) is 2.84. The number of nitrogens with two attached hydrogens (primary N) is 1. The van der Waals surface area contributed by atoms with Crippen LogP contribution in [0.1, 0.15) is 25.8 Å². The lowest BCUT2D eigenvalue weighted by molar-refractivity contribution is -0.123. The van der Waals surface area contributed by atoms with Crippen molar-refractivity contribution < 1.29 is 18.3 Å². The number of halogens is 3. The fourth-order valence-corrected chi connectivity index (χ4v) is 2.87. The number of ether oxygens (including phenoxy) is 1. The number of likely N-dealkylation sites (tertiary alicyclic amines) is 1. The van der Waals surface area contributed by atoms with E-state index in [2.05, 4.69) is 28.8 Å². The van der Waals surface area contributed by atoms with Crippen molar-refractivity contribution in [3.63, 3.8) is 0 Å². The Morgan fingerprint density at radius 2 is 2.04 bits per heavy atom. The van der Waals surface area contributed by atoms with Crippen molar-refractivity contribution in [3.8, 4) is 5.75 Å². The number of hydrogen-bond acceptors (Lipinski definition) is 4. The van der Waals surface area contributed by atoms with Crippen molar-refractivity contribution in [2.45, 2.75) is 39.5 Å². The van der Waals surface area contributed by atoms with Gasteiger partial charge in [-0.25, -0.2) is 0 Å². The largest absolute Gasteiger partial charge is 0.435 e. The average Bonchev–Trinajstić information content (AvgIpc) is 2.49.